The van der Waals surface area contributed by atoms with E-state index < -0.39 is 6.03 Å². The number of urea groups is 1. The number of nitrogens with two attached hydrogens (primary N) is 1. The van der Waals surface area contributed by atoms with E-state index in [9.17, 15) is 4.79 Å². The van der Waals surface area contributed by atoms with Crippen LogP contribution in [0, 0.1) is 0 Å². The maximum absolute atomic E-state index is 11.1. The van der Waals surface area contributed by atoms with Crippen molar-refractivity contribution in [2.75, 3.05) is 12.4 Å². The van der Waals surface area contributed by atoms with Crippen molar-refractivity contribution in [3.05, 3.63) is 47.0 Å². The molecular weight excluding hydrogens is 408 g/mol. The lowest BCUT2D eigenvalue weighted by Crippen LogP contribution is -2.27. The first-order chi connectivity index (χ1) is 14.9. The van der Waals surface area contributed by atoms with Crippen LogP contribution in [0.25, 0.3) is 10.8 Å². The maximum Gasteiger partial charge on any atom is 0.322 e. The molecule has 0 saturated carbocycles. The van der Waals surface area contributed by atoms with Crippen LogP contribution in [0.2, 0.25) is 0 Å². The summed E-state index contributed by atoms with van der Waals surface area (Å²) in [5.41, 5.74) is 6.85. The number of hydrogen-bond donors (Lipinski definition) is 3. The van der Waals surface area contributed by atoms with Crippen molar-refractivity contribution in [2.24, 2.45) is 10.7 Å². The molecule has 2 aromatic carbocycles. The number of carbonyl (C=O) groups is 1. The number of hydrogen-bond acceptors (Lipinski definition) is 5. The van der Waals surface area contributed by atoms with E-state index in [1.165, 1.54) is 6.42 Å². The molecule has 2 amide bonds. The van der Waals surface area contributed by atoms with Gasteiger partial charge in [-0.15, -0.1) is 0 Å². The average Bonchev–Trinajstić information content (AvgIpc) is 2.79. The van der Waals surface area contributed by atoms with Gasteiger partial charge >= 0.3 is 6.03 Å². The highest BCUT2D eigenvalue weighted by Gasteiger charge is 2.18. The van der Waals surface area contributed by atoms with Gasteiger partial charge in [0.05, 0.1) is 13.2 Å². The van der Waals surface area contributed by atoms with Crippen molar-refractivity contribution in [1.82, 2.24) is 4.72 Å². The number of fused-ring (bicyclic) bond motifs is 1. The molecule has 2 aromatic rings. The molecule has 0 fully saturated rings. The lowest BCUT2D eigenvalue weighted by molar-refractivity contribution is 0.254. The highest BCUT2D eigenvalue weighted by molar-refractivity contribution is 8.01. The minimum Gasteiger partial charge on any atom is -0.496 e. The number of allylic oxidation sites excluding steroid dienone is 1. The molecule has 4 N–H and O–H groups in total. The maximum atomic E-state index is 11.1. The van der Waals surface area contributed by atoms with E-state index in [-0.39, 0.29) is 6.04 Å². The Morgan fingerprint density at radius 1 is 1.23 bits per heavy atom. The summed E-state index contributed by atoms with van der Waals surface area (Å²) in [6.45, 7) is 15.7. The summed E-state index contributed by atoms with van der Waals surface area (Å²) < 4.78 is 8.09. The van der Waals surface area contributed by atoms with E-state index in [1.54, 1.807) is 7.11 Å². The van der Waals surface area contributed by atoms with Gasteiger partial charge in [0.2, 0.25) is 0 Å². The summed E-state index contributed by atoms with van der Waals surface area (Å²) in [7, 11) is 1.66. The van der Waals surface area contributed by atoms with Crippen molar-refractivity contribution >= 4 is 41.2 Å². The SMILES string of the molecule is C=N/C(C)=C(\SNC(N)=O)C(CC)Nc1cc(OC)c2ccccc2c1.CC.CCC. The number of aliphatic imine (C=N–C) groups is 1. The van der Waals surface area contributed by atoms with Gasteiger partial charge in [-0.2, -0.15) is 0 Å². The number of nitrogens with zero attached hydrogens (tertiary/aromatic N) is 1. The zero-order valence-corrected chi connectivity index (χ0v) is 20.7. The zero-order valence-electron chi connectivity index (χ0n) is 19.9. The second kappa shape index (κ2) is 16.1. The third-order valence-electron chi connectivity index (χ3n) is 3.96. The normalized spacial score (nSPS) is 11.6. The molecular formula is C24H38N4O2S. The molecule has 0 spiro atoms. The van der Waals surface area contributed by atoms with Crippen molar-refractivity contribution in [3.8, 4) is 5.75 Å². The van der Waals surface area contributed by atoms with E-state index >= 15 is 0 Å². The van der Waals surface area contributed by atoms with Crippen molar-refractivity contribution in [1.29, 1.82) is 0 Å². The number of amides is 2. The van der Waals surface area contributed by atoms with Gasteiger partial charge in [0, 0.05) is 27.7 Å². The van der Waals surface area contributed by atoms with Gasteiger partial charge in [0.15, 0.2) is 0 Å². The van der Waals surface area contributed by atoms with Gasteiger partial charge in [-0.05, 0) is 43.5 Å². The molecule has 0 heterocycles. The Balaban J connectivity index is 0.00000165. The fraction of sp³-hybridized carbons (Fsp3) is 0.417. The number of ether oxygens (including phenoxy) is 1. The summed E-state index contributed by atoms with van der Waals surface area (Å²) in [5, 5.41) is 5.63. The van der Waals surface area contributed by atoms with Crippen LogP contribution < -0.4 is 20.5 Å². The van der Waals surface area contributed by atoms with Gasteiger partial charge in [0.1, 0.15) is 5.75 Å². The summed E-state index contributed by atoms with van der Waals surface area (Å²) in [4.78, 5) is 16.0. The van der Waals surface area contributed by atoms with Crippen LogP contribution in [0.1, 0.15) is 54.4 Å². The fourth-order valence-electron chi connectivity index (χ4n) is 2.66. The first kappa shape index (κ1) is 28.3. The molecule has 6 nitrogen and oxygen atoms in total. The van der Waals surface area contributed by atoms with Gasteiger partial charge in [-0.25, -0.2) is 4.79 Å². The lowest BCUT2D eigenvalue weighted by Gasteiger charge is -2.23. The summed E-state index contributed by atoms with van der Waals surface area (Å²) in [5.74, 6) is 0.799. The Morgan fingerprint density at radius 3 is 2.35 bits per heavy atom. The minimum atomic E-state index is -0.605. The molecule has 1 unspecified atom stereocenters. The zero-order chi connectivity index (χ0) is 23.8. The molecule has 7 heteroatoms. The standard InChI is InChI=1S/C19H24N4O2S.C3H8.C2H6/c1-5-16(18(12(2)21-3)26-23-19(20)24)22-14-10-13-8-6-7-9-15(13)17(11-14)25-4;1-3-2;1-2/h6-11,16,22H,3,5H2,1-2,4H3,(H3,20,23,24);3H2,1-2H3;1-2H3/b18-12-;;. The molecule has 1 atom stereocenters. The Hall–Kier alpha value is -2.67. The van der Waals surface area contributed by atoms with Crippen LogP contribution in [0.15, 0.2) is 52.0 Å². The van der Waals surface area contributed by atoms with Crippen molar-refractivity contribution in [2.45, 2.75) is 60.4 Å². The van der Waals surface area contributed by atoms with Crippen LogP contribution in [0.3, 0.4) is 0 Å². The second-order valence-electron chi connectivity index (χ2n) is 6.39. The number of nitrogens with one attached hydrogen (secondary N) is 2. The first-order valence-electron chi connectivity index (χ1n) is 10.6. The molecule has 0 bridgehead atoms. The number of rotatable bonds is 8. The number of anilines is 1. The lowest BCUT2D eigenvalue weighted by atomic mass is 10.1. The van der Waals surface area contributed by atoms with Crippen molar-refractivity contribution < 1.29 is 9.53 Å². The number of carbonyl (C=O) groups excluding carboxylic acids is 1. The fourth-order valence-corrected chi connectivity index (χ4v) is 3.45. The first-order valence-corrected chi connectivity index (χ1v) is 11.5. The molecule has 0 aliphatic rings. The molecule has 0 aliphatic heterocycles. The molecule has 172 valence electrons. The van der Waals surface area contributed by atoms with Crippen molar-refractivity contribution in [3.63, 3.8) is 0 Å². The van der Waals surface area contributed by atoms with Gasteiger partial charge in [-0.1, -0.05) is 65.3 Å². The number of benzene rings is 2. The molecule has 0 saturated heterocycles. The molecule has 31 heavy (non-hydrogen) atoms. The minimum absolute atomic E-state index is 0.0665. The average molecular weight is 447 g/mol. The monoisotopic (exact) mass is 446 g/mol. The van der Waals surface area contributed by atoms with E-state index in [4.69, 9.17) is 10.5 Å². The van der Waals surface area contributed by atoms with Gasteiger partial charge < -0.3 is 15.8 Å². The summed E-state index contributed by atoms with van der Waals surface area (Å²) in [6.07, 6.45) is 2.03. The topological polar surface area (TPSA) is 88.7 Å². The number of primary amides is 1. The van der Waals surface area contributed by atoms with Gasteiger partial charge in [0.25, 0.3) is 0 Å². The van der Waals surface area contributed by atoms with E-state index in [2.05, 4.69) is 48.6 Å². The molecule has 0 radical (unpaired) electrons. The van der Waals surface area contributed by atoms with E-state index in [0.717, 1.165) is 51.2 Å². The highest BCUT2D eigenvalue weighted by Crippen LogP contribution is 2.32. The Kier molecular flexibility index (Phi) is 14.7. The Bertz CT molecular complexity index is 853. The molecule has 0 aliphatic carbocycles. The molecule has 0 aromatic heterocycles. The van der Waals surface area contributed by atoms with E-state index in [1.807, 2.05) is 51.1 Å². The van der Waals surface area contributed by atoms with Crippen LogP contribution >= 0.6 is 11.9 Å². The largest absolute Gasteiger partial charge is 0.496 e. The summed E-state index contributed by atoms with van der Waals surface area (Å²) >= 11 is 1.16. The quantitative estimate of drug-likeness (QED) is 0.310. The predicted molar refractivity (Wildman–Crippen MR) is 138 cm³/mol. The predicted octanol–water partition coefficient (Wildman–Crippen LogP) is 6.73. The van der Waals surface area contributed by atoms with Crippen LogP contribution in [-0.4, -0.2) is 25.9 Å². The van der Waals surface area contributed by atoms with Crippen LogP contribution in [0.5, 0.6) is 5.75 Å². The third kappa shape index (κ3) is 9.34. The molecule has 2 rings (SSSR count). The van der Waals surface area contributed by atoms with Crippen LogP contribution in [0.4, 0.5) is 10.5 Å². The smallest absolute Gasteiger partial charge is 0.322 e. The Labute approximate surface area is 191 Å². The van der Waals surface area contributed by atoms with Gasteiger partial charge in [-0.3, -0.25) is 9.71 Å². The Morgan fingerprint density at radius 2 is 1.84 bits per heavy atom. The van der Waals surface area contributed by atoms with Crippen LogP contribution in [-0.2, 0) is 0 Å². The number of methoxy groups -OCH3 is 1. The second-order valence-corrected chi connectivity index (χ2v) is 7.24. The summed E-state index contributed by atoms with van der Waals surface area (Å²) in [6, 6.07) is 11.4. The third-order valence-corrected chi connectivity index (χ3v) is 5.07. The highest BCUT2D eigenvalue weighted by atomic mass is 32.2. The van der Waals surface area contributed by atoms with E-state index in [0.29, 0.717) is 0 Å².